The monoisotopic (exact) mass is 699 g/mol. The molecule has 242 valence electrons. The van der Waals surface area contributed by atoms with Crippen LogP contribution in [-0.4, -0.2) is 43.3 Å². The van der Waals surface area contributed by atoms with Crippen LogP contribution in [0.2, 0.25) is 15.1 Å². The summed E-state index contributed by atoms with van der Waals surface area (Å²) in [6, 6.07) is 26.1. The van der Waals surface area contributed by atoms with Gasteiger partial charge in [-0.2, -0.15) is 0 Å². The van der Waals surface area contributed by atoms with E-state index in [0.29, 0.717) is 10.6 Å². The smallest absolute Gasteiger partial charge is 0.264 e. The summed E-state index contributed by atoms with van der Waals surface area (Å²) in [6.07, 6.45) is 0.168. The number of hydrogen-bond acceptors (Lipinski definition) is 4. The number of benzene rings is 4. The molecule has 0 fully saturated rings. The van der Waals surface area contributed by atoms with Gasteiger partial charge < -0.3 is 10.2 Å². The minimum Gasteiger partial charge on any atom is -0.350 e. The Bertz CT molecular complexity index is 1790. The summed E-state index contributed by atoms with van der Waals surface area (Å²) in [6.45, 7) is 6.66. The van der Waals surface area contributed by atoms with Gasteiger partial charge in [0.15, 0.2) is 0 Å². The van der Waals surface area contributed by atoms with Crippen molar-refractivity contribution in [3.8, 4) is 0 Å². The Morgan fingerprint density at radius 3 is 2.04 bits per heavy atom. The molecule has 0 aliphatic rings. The quantitative estimate of drug-likeness (QED) is 0.174. The Balaban J connectivity index is 1.86. The molecule has 1 atom stereocenters. The zero-order valence-electron chi connectivity index (χ0n) is 26.0. The number of halogens is 3. The Morgan fingerprint density at radius 2 is 1.41 bits per heavy atom. The summed E-state index contributed by atoms with van der Waals surface area (Å²) < 4.78 is 29.4. The van der Waals surface area contributed by atoms with E-state index < -0.39 is 40.0 Å². The molecule has 0 aliphatic heterocycles. The normalized spacial score (nSPS) is 12.3. The highest BCUT2D eigenvalue weighted by Gasteiger charge is 2.36. The first-order chi connectivity index (χ1) is 21.7. The number of amides is 2. The van der Waals surface area contributed by atoms with E-state index in [1.54, 1.807) is 42.5 Å². The van der Waals surface area contributed by atoms with Gasteiger partial charge in [-0.25, -0.2) is 8.42 Å². The Labute approximate surface area is 286 Å². The Morgan fingerprint density at radius 1 is 0.804 bits per heavy atom. The van der Waals surface area contributed by atoms with Gasteiger partial charge in [0, 0.05) is 23.5 Å². The van der Waals surface area contributed by atoms with Crippen LogP contribution in [0.3, 0.4) is 0 Å². The highest BCUT2D eigenvalue weighted by Crippen LogP contribution is 2.36. The van der Waals surface area contributed by atoms with Crippen LogP contribution in [-0.2, 0) is 32.6 Å². The number of sulfonamides is 1. The second-order valence-corrected chi connectivity index (χ2v) is 15.0. The van der Waals surface area contributed by atoms with Gasteiger partial charge in [0.05, 0.1) is 20.6 Å². The number of aryl methyl sites for hydroxylation is 1. The fourth-order valence-corrected chi connectivity index (χ4v) is 6.92. The summed E-state index contributed by atoms with van der Waals surface area (Å²) in [5, 5.41) is 3.49. The maximum Gasteiger partial charge on any atom is 0.264 e. The van der Waals surface area contributed by atoms with Gasteiger partial charge >= 0.3 is 0 Å². The van der Waals surface area contributed by atoms with Crippen molar-refractivity contribution in [2.45, 2.75) is 57.1 Å². The van der Waals surface area contributed by atoms with Gasteiger partial charge in [-0.3, -0.25) is 13.9 Å². The van der Waals surface area contributed by atoms with E-state index >= 15 is 0 Å². The molecule has 7 nitrogen and oxygen atoms in total. The molecule has 2 amide bonds. The van der Waals surface area contributed by atoms with Crippen molar-refractivity contribution in [2.24, 2.45) is 0 Å². The number of nitrogens with zero attached hydrogens (tertiary/aromatic N) is 2. The molecule has 0 aromatic heterocycles. The van der Waals surface area contributed by atoms with E-state index in [9.17, 15) is 18.0 Å². The van der Waals surface area contributed by atoms with E-state index in [2.05, 4.69) is 5.32 Å². The number of carbonyl (C=O) groups excluding carboxylic acids is 2. The van der Waals surface area contributed by atoms with Gasteiger partial charge in [-0.15, -0.1) is 0 Å². The fraction of sp³-hybridized carbons (Fsp3) is 0.257. The highest BCUT2D eigenvalue weighted by atomic mass is 35.5. The lowest BCUT2D eigenvalue weighted by atomic mass is 10.0. The lowest BCUT2D eigenvalue weighted by Gasteiger charge is -2.35. The fourth-order valence-electron chi connectivity index (χ4n) is 4.85. The number of rotatable bonds is 11. The van der Waals surface area contributed by atoms with Crippen molar-refractivity contribution in [1.29, 1.82) is 0 Å². The summed E-state index contributed by atoms with van der Waals surface area (Å²) >= 11 is 19.4. The lowest BCUT2D eigenvalue weighted by molar-refractivity contribution is -0.140. The third kappa shape index (κ3) is 8.82. The molecule has 0 saturated carbocycles. The van der Waals surface area contributed by atoms with Gasteiger partial charge in [-0.05, 0) is 69.2 Å². The molecule has 0 heterocycles. The molecule has 1 N–H and O–H groups in total. The second-order valence-electron chi connectivity index (χ2n) is 12.0. The van der Waals surface area contributed by atoms with E-state index in [0.717, 1.165) is 15.4 Å². The third-order valence-corrected chi connectivity index (χ3v) is 10.1. The van der Waals surface area contributed by atoms with Gasteiger partial charge in [0.1, 0.15) is 12.6 Å². The molecule has 4 aromatic carbocycles. The van der Waals surface area contributed by atoms with Crippen LogP contribution in [0.5, 0.6) is 0 Å². The zero-order chi connectivity index (χ0) is 33.6. The lowest BCUT2D eigenvalue weighted by Crippen LogP contribution is -2.56. The van der Waals surface area contributed by atoms with Crippen molar-refractivity contribution >= 4 is 62.3 Å². The number of anilines is 1. The van der Waals surface area contributed by atoms with Crippen molar-refractivity contribution in [2.75, 3.05) is 10.8 Å². The van der Waals surface area contributed by atoms with Crippen LogP contribution in [0.15, 0.2) is 102 Å². The van der Waals surface area contributed by atoms with Crippen molar-refractivity contribution < 1.29 is 18.0 Å². The predicted octanol–water partition coefficient (Wildman–Crippen LogP) is 7.71. The topological polar surface area (TPSA) is 86.8 Å². The number of carbonyl (C=O) groups is 2. The third-order valence-electron chi connectivity index (χ3n) is 7.16. The van der Waals surface area contributed by atoms with Crippen LogP contribution in [0.25, 0.3) is 0 Å². The van der Waals surface area contributed by atoms with Gasteiger partial charge in [-0.1, -0.05) is 107 Å². The first-order valence-electron chi connectivity index (χ1n) is 14.6. The highest BCUT2D eigenvalue weighted by molar-refractivity contribution is 7.92. The molecule has 0 saturated heterocycles. The maximum atomic E-state index is 14.6. The minimum atomic E-state index is -4.34. The molecule has 4 rings (SSSR count). The molecule has 0 aliphatic carbocycles. The minimum absolute atomic E-state index is 0.0273. The number of hydrogen-bond donors (Lipinski definition) is 1. The van der Waals surface area contributed by atoms with E-state index in [4.69, 9.17) is 34.8 Å². The average molecular weight is 701 g/mol. The molecule has 11 heteroatoms. The Kier molecular flexibility index (Phi) is 11.4. The first-order valence-corrected chi connectivity index (χ1v) is 17.2. The molecule has 0 spiro atoms. The zero-order valence-corrected chi connectivity index (χ0v) is 29.1. The molecule has 0 bridgehead atoms. The van der Waals surface area contributed by atoms with Crippen LogP contribution >= 0.6 is 34.8 Å². The van der Waals surface area contributed by atoms with E-state index in [1.165, 1.54) is 29.2 Å². The van der Waals surface area contributed by atoms with E-state index in [1.807, 2.05) is 58.0 Å². The molecule has 0 unspecified atom stereocenters. The van der Waals surface area contributed by atoms with E-state index in [-0.39, 0.29) is 33.6 Å². The van der Waals surface area contributed by atoms with Crippen LogP contribution in [0, 0.1) is 6.92 Å². The summed E-state index contributed by atoms with van der Waals surface area (Å²) in [5.74, 6) is -1.04. The Hall–Kier alpha value is -3.56. The van der Waals surface area contributed by atoms with Crippen LogP contribution in [0.4, 0.5) is 5.69 Å². The molecule has 0 radical (unpaired) electrons. The largest absolute Gasteiger partial charge is 0.350 e. The maximum absolute atomic E-state index is 14.6. The predicted molar refractivity (Wildman–Crippen MR) is 186 cm³/mol. The van der Waals surface area contributed by atoms with Gasteiger partial charge in [0.2, 0.25) is 11.8 Å². The van der Waals surface area contributed by atoms with Crippen LogP contribution < -0.4 is 9.62 Å². The molecule has 46 heavy (non-hydrogen) atoms. The summed E-state index contributed by atoms with van der Waals surface area (Å²) in [7, 11) is -4.34. The molecule has 4 aromatic rings. The summed E-state index contributed by atoms with van der Waals surface area (Å²) in [5.41, 5.74) is 1.69. The first kappa shape index (κ1) is 35.3. The molecular weight excluding hydrogens is 665 g/mol. The second kappa shape index (κ2) is 14.9. The molecular formula is C35H36Cl3N3O4S. The van der Waals surface area contributed by atoms with Crippen molar-refractivity contribution in [3.05, 3.63) is 129 Å². The van der Waals surface area contributed by atoms with Crippen molar-refractivity contribution in [1.82, 2.24) is 10.2 Å². The standard InChI is InChI=1S/C35H36Cl3N3O4S/c1-24-17-19-27(20-18-24)46(44,45)41(30-16-10-15-29(37)33(30)38)23-32(42)40(22-26-13-8-9-14-28(26)36)31(34(43)39-35(2,3)4)21-25-11-6-5-7-12-25/h5-20,31H,21-23H2,1-4H3,(H,39,43)/t31-/m0/s1. The average Bonchev–Trinajstić information content (AvgIpc) is 3.00. The van der Waals surface area contributed by atoms with Gasteiger partial charge in [0.25, 0.3) is 10.0 Å². The SMILES string of the molecule is Cc1ccc(S(=O)(=O)N(CC(=O)N(Cc2ccccc2Cl)[C@@H](Cc2ccccc2)C(=O)NC(C)(C)C)c2cccc(Cl)c2Cl)cc1. The summed E-state index contributed by atoms with van der Waals surface area (Å²) in [4.78, 5) is 29.9. The number of nitrogens with one attached hydrogen (secondary N) is 1. The van der Waals surface area contributed by atoms with Crippen molar-refractivity contribution in [3.63, 3.8) is 0 Å². The van der Waals surface area contributed by atoms with Crippen LogP contribution in [0.1, 0.15) is 37.5 Å².